The molecule has 1 unspecified atom stereocenters. The van der Waals surface area contributed by atoms with Crippen molar-refractivity contribution >= 4 is 23.1 Å². The lowest BCUT2D eigenvalue weighted by atomic mass is 10.2. The van der Waals surface area contributed by atoms with Gasteiger partial charge >= 0.3 is 0 Å². The van der Waals surface area contributed by atoms with Gasteiger partial charge in [0.1, 0.15) is 17.8 Å². The molecular formula is C20H27N5O2. The SMILES string of the molecule is CCN(CC)c1ccc(Nc2cc(C(=O)NCC3CCCO3)ncn2)cc1. The zero-order valence-electron chi connectivity index (χ0n) is 15.9. The van der Waals surface area contributed by atoms with E-state index in [2.05, 4.69) is 51.5 Å². The summed E-state index contributed by atoms with van der Waals surface area (Å²) in [4.78, 5) is 22.9. The molecule has 0 spiro atoms. The molecule has 1 aliphatic rings. The molecule has 1 aromatic heterocycles. The van der Waals surface area contributed by atoms with Crippen LogP contribution in [-0.2, 0) is 4.74 Å². The van der Waals surface area contributed by atoms with Crippen molar-refractivity contribution in [1.82, 2.24) is 15.3 Å². The predicted molar refractivity (Wildman–Crippen MR) is 107 cm³/mol. The summed E-state index contributed by atoms with van der Waals surface area (Å²) in [6, 6.07) is 9.82. The number of carbonyl (C=O) groups excluding carboxylic acids is 1. The van der Waals surface area contributed by atoms with Crippen LogP contribution < -0.4 is 15.5 Å². The summed E-state index contributed by atoms with van der Waals surface area (Å²) in [7, 11) is 0. The average Bonchev–Trinajstić information content (AvgIpc) is 3.22. The van der Waals surface area contributed by atoms with Crippen molar-refractivity contribution in [3.05, 3.63) is 42.4 Å². The van der Waals surface area contributed by atoms with Crippen LogP contribution in [0, 0.1) is 0 Å². The molecule has 0 aliphatic carbocycles. The topological polar surface area (TPSA) is 79.4 Å². The Labute approximate surface area is 160 Å². The Balaban J connectivity index is 1.60. The number of aromatic nitrogens is 2. The number of hydrogen-bond donors (Lipinski definition) is 2. The van der Waals surface area contributed by atoms with Gasteiger partial charge in [-0.15, -0.1) is 0 Å². The predicted octanol–water partition coefficient (Wildman–Crippen LogP) is 2.98. The first kappa shape index (κ1) is 19.1. The van der Waals surface area contributed by atoms with E-state index >= 15 is 0 Å². The molecule has 1 saturated heterocycles. The van der Waals surface area contributed by atoms with Gasteiger partial charge in [0.2, 0.25) is 0 Å². The number of anilines is 3. The molecule has 3 rings (SSSR count). The molecule has 1 atom stereocenters. The number of carbonyl (C=O) groups is 1. The molecule has 0 bridgehead atoms. The quantitative estimate of drug-likeness (QED) is 0.745. The Bertz CT molecular complexity index is 740. The van der Waals surface area contributed by atoms with Crippen LogP contribution in [0.3, 0.4) is 0 Å². The van der Waals surface area contributed by atoms with Gasteiger partial charge in [-0.1, -0.05) is 0 Å². The van der Waals surface area contributed by atoms with Crippen molar-refractivity contribution in [1.29, 1.82) is 0 Å². The number of hydrogen-bond acceptors (Lipinski definition) is 6. The van der Waals surface area contributed by atoms with E-state index in [-0.39, 0.29) is 12.0 Å². The van der Waals surface area contributed by atoms with E-state index in [9.17, 15) is 4.79 Å². The normalized spacial score (nSPS) is 16.1. The van der Waals surface area contributed by atoms with Gasteiger partial charge in [-0.2, -0.15) is 0 Å². The van der Waals surface area contributed by atoms with E-state index < -0.39 is 0 Å². The summed E-state index contributed by atoms with van der Waals surface area (Å²) < 4.78 is 5.52. The minimum absolute atomic E-state index is 0.109. The first-order valence-corrected chi connectivity index (χ1v) is 9.53. The minimum Gasteiger partial charge on any atom is -0.376 e. The fourth-order valence-electron chi connectivity index (χ4n) is 3.14. The van der Waals surface area contributed by atoms with Crippen molar-refractivity contribution < 1.29 is 9.53 Å². The lowest BCUT2D eigenvalue weighted by molar-refractivity contribution is 0.0853. The smallest absolute Gasteiger partial charge is 0.270 e. The Kier molecular flexibility index (Phi) is 6.59. The van der Waals surface area contributed by atoms with E-state index in [0.717, 1.165) is 38.2 Å². The molecule has 2 heterocycles. The third-order valence-corrected chi connectivity index (χ3v) is 4.68. The molecular weight excluding hydrogens is 342 g/mol. The second-order valence-electron chi connectivity index (χ2n) is 6.48. The van der Waals surface area contributed by atoms with Gasteiger partial charge in [0.15, 0.2) is 0 Å². The molecule has 1 aromatic carbocycles. The van der Waals surface area contributed by atoms with Crippen LogP contribution in [0.5, 0.6) is 0 Å². The Morgan fingerprint density at radius 1 is 1.22 bits per heavy atom. The van der Waals surface area contributed by atoms with E-state index in [1.807, 2.05) is 12.1 Å². The number of rotatable bonds is 8. The minimum atomic E-state index is -0.215. The van der Waals surface area contributed by atoms with Gasteiger partial charge in [-0.05, 0) is 51.0 Å². The second kappa shape index (κ2) is 9.32. The Hall–Kier alpha value is -2.67. The summed E-state index contributed by atoms with van der Waals surface area (Å²) in [5.74, 6) is 0.371. The molecule has 27 heavy (non-hydrogen) atoms. The first-order chi connectivity index (χ1) is 13.2. The molecule has 0 saturated carbocycles. The van der Waals surface area contributed by atoms with E-state index in [4.69, 9.17) is 4.74 Å². The molecule has 144 valence electrons. The standard InChI is InChI=1S/C20H27N5O2/c1-3-25(4-2)16-9-7-15(8-10-16)24-19-12-18(22-14-23-19)20(26)21-13-17-6-5-11-27-17/h7-10,12,14,17H,3-6,11,13H2,1-2H3,(H,21,26)(H,22,23,24). The number of benzene rings is 1. The van der Waals surface area contributed by atoms with Crippen molar-refractivity contribution in [2.24, 2.45) is 0 Å². The number of amides is 1. The molecule has 7 nitrogen and oxygen atoms in total. The monoisotopic (exact) mass is 369 g/mol. The van der Waals surface area contributed by atoms with Crippen LogP contribution in [0.1, 0.15) is 37.2 Å². The van der Waals surface area contributed by atoms with Crippen molar-refractivity contribution in [2.75, 3.05) is 36.5 Å². The van der Waals surface area contributed by atoms with Gasteiger partial charge in [-0.25, -0.2) is 9.97 Å². The van der Waals surface area contributed by atoms with Crippen LogP contribution in [-0.4, -0.2) is 48.2 Å². The van der Waals surface area contributed by atoms with Crippen molar-refractivity contribution in [2.45, 2.75) is 32.8 Å². The highest BCUT2D eigenvalue weighted by Crippen LogP contribution is 2.20. The Morgan fingerprint density at radius 3 is 2.67 bits per heavy atom. The third-order valence-electron chi connectivity index (χ3n) is 4.68. The summed E-state index contributed by atoms with van der Waals surface area (Å²) >= 11 is 0. The Morgan fingerprint density at radius 2 is 2.00 bits per heavy atom. The molecule has 1 amide bonds. The van der Waals surface area contributed by atoms with Crippen molar-refractivity contribution in [3.8, 4) is 0 Å². The lowest BCUT2D eigenvalue weighted by Gasteiger charge is -2.21. The molecule has 1 aliphatic heterocycles. The molecule has 2 aromatic rings. The van der Waals surface area contributed by atoms with E-state index in [0.29, 0.717) is 18.1 Å². The van der Waals surface area contributed by atoms with E-state index in [1.54, 1.807) is 6.07 Å². The summed E-state index contributed by atoms with van der Waals surface area (Å²) in [6.45, 7) is 7.51. The maximum atomic E-state index is 12.3. The summed E-state index contributed by atoms with van der Waals surface area (Å²) in [6.07, 6.45) is 3.54. The van der Waals surface area contributed by atoms with E-state index in [1.165, 1.54) is 12.0 Å². The van der Waals surface area contributed by atoms with Crippen LogP contribution in [0.15, 0.2) is 36.7 Å². The highest BCUT2D eigenvalue weighted by molar-refractivity contribution is 5.93. The van der Waals surface area contributed by atoms with Crippen LogP contribution >= 0.6 is 0 Å². The fourth-order valence-corrected chi connectivity index (χ4v) is 3.14. The zero-order valence-corrected chi connectivity index (χ0v) is 15.9. The van der Waals surface area contributed by atoms with Gasteiger partial charge in [0, 0.05) is 43.7 Å². The maximum Gasteiger partial charge on any atom is 0.270 e. The van der Waals surface area contributed by atoms with Gasteiger partial charge in [0.25, 0.3) is 5.91 Å². The van der Waals surface area contributed by atoms with Crippen LogP contribution in [0.2, 0.25) is 0 Å². The lowest BCUT2D eigenvalue weighted by Crippen LogP contribution is -2.32. The third kappa shape index (κ3) is 5.17. The molecule has 1 fully saturated rings. The first-order valence-electron chi connectivity index (χ1n) is 9.53. The fraction of sp³-hybridized carbons (Fsp3) is 0.450. The highest BCUT2D eigenvalue weighted by atomic mass is 16.5. The van der Waals surface area contributed by atoms with Gasteiger partial charge in [-0.3, -0.25) is 4.79 Å². The highest BCUT2D eigenvalue weighted by Gasteiger charge is 2.17. The number of nitrogens with zero attached hydrogens (tertiary/aromatic N) is 3. The average molecular weight is 369 g/mol. The second-order valence-corrected chi connectivity index (χ2v) is 6.48. The van der Waals surface area contributed by atoms with Gasteiger partial charge < -0.3 is 20.3 Å². The number of nitrogens with one attached hydrogen (secondary N) is 2. The van der Waals surface area contributed by atoms with Gasteiger partial charge in [0.05, 0.1) is 6.10 Å². The molecule has 2 N–H and O–H groups in total. The summed E-state index contributed by atoms with van der Waals surface area (Å²) in [5.41, 5.74) is 2.43. The number of ether oxygens (including phenoxy) is 1. The largest absolute Gasteiger partial charge is 0.376 e. The summed E-state index contributed by atoms with van der Waals surface area (Å²) in [5, 5.41) is 6.10. The van der Waals surface area contributed by atoms with Crippen LogP contribution in [0.4, 0.5) is 17.2 Å². The molecule has 0 radical (unpaired) electrons. The van der Waals surface area contributed by atoms with Crippen LogP contribution in [0.25, 0.3) is 0 Å². The maximum absolute atomic E-state index is 12.3. The van der Waals surface area contributed by atoms with Crippen molar-refractivity contribution in [3.63, 3.8) is 0 Å². The molecule has 7 heteroatoms. The zero-order chi connectivity index (χ0) is 19.1.